The van der Waals surface area contributed by atoms with Gasteiger partial charge in [-0.2, -0.15) is 0 Å². The first-order chi connectivity index (χ1) is 10.7. The second kappa shape index (κ2) is 5.38. The van der Waals surface area contributed by atoms with Crippen molar-refractivity contribution < 1.29 is 0 Å². The topological polar surface area (TPSA) is 45.8 Å². The summed E-state index contributed by atoms with van der Waals surface area (Å²) >= 11 is 7.52. The van der Waals surface area contributed by atoms with Crippen LogP contribution in [0.15, 0.2) is 29.1 Å². The van der Waals surface area contributed by atoms with Gasteiger partial charge in [0.2, 0.25) is 0 Å². The molecule has 0 fully saturated rings. The fourth-order valence-electron chi connectivity index (χ4n) is 2.85. The van der Waals surface area contributed by atoms with Crippen LogP contribution in [-0.4, -0.2) is 9.97 Å². The molecule has 0 unspecified atom stereocenters. The van der Waals surface area contributed by atoms with E-state index in [-0.39, 0.29) is 5.56 Å². The summed E-state index contributed by atoms with van der Waals surface area (Å²) in [6.45, 7) is 0. The van der Waals surface area contributed by atoms with Crippen molar-refractivity contribution in [3.63, 3.8) is 0 Å². The summed E-state index contributed by atoms with van der Waals surface area (Å²) in [6.07, 6.45) is 6.97. The number of nitrogens with one attached hydrogen (secondary N) is 1. The molecule has 0 bridgehead atoms. The highest BCUT2D eigenvalue weighted by molar-refractivity contribution is 7.18. The Kier molecular flexibility index (Phi) is 3.36. The molecule has 1 N–H and O–H groups in total. The van der Waals surface area contributed by atoms with Crippen LogP contribution in [-0.2, 0) is 12.8 Å². The molecule has 2 aromatic heterocycles. The number of aromatic amines is 1. The van der Waals surface area contributed by atoms with Crippen molar-refractivity contribution in [1.82, 2.24) is 9.97 Å². The molecule has 1 aromatic carbocycles. The second-order valence-corrected chi connectivity index (χ2v) is 6.89. The lowest BCUT2D eigenvalue weighted by Gasteiger charge is -1.97. The number of hydrogen-bond acceptors (Lipinski definition) is 3. The molecular formula is C17H13ClN2OS. The van der Waals surface area contributed by atoms with Gasteiger partial charge in [0.1, 0.15) is 10.7 Å². The minimum Gasteiger partial charge on any atom is -0.306 e. The summed E-state index contributed by atoms with van der Waals surface area (Å²) < 4.78 is 0. The Bertz CT molecular complexity index is 938. The molecule has 0 atom stereocenters. The Hall–Kier alpha value is -1.91. The standard InChI is InChI=1S/C17H13ClN2OS/c18-11-7-4-10(5-8-11)6-9-14-19-16(21)15-12-2-1-3-13(12)22-17(15)20-14/h4-9H,1-3H2,(H,19,20,21)/b9-6+. The average Bonchev–Trinajstić information content (AvgIpc) is 3.06. The SMILES string of the molecule is O=c1[nH]c(/C=C/c2ccc(Cl)cc2)nc2sc3c(c12)CCC3. The zero-order valence-electron chi connectivity index (χ0n) is 11.7. The van der Waals surface area contributed by atoms with E-state index in [2.05, 4.69) is 9.97 Å². The molecule has 0 aliphatic heterocycles. The number of aromatic nitrogens is 2. The van der Waals surface area contributed by atoms with Crippen LogP contribution >= 0.6 is 22.9 Å². The third-order valence-electron chi connectivity index (χ3n) is 3.90. The maximum absolute atomic E-state index is 12.3. The van der Waals surface area contributed by atoms with E-state index >= 15 is 0 Å². The van der Waals surface area contributed by atoms with Gasteiger partial charge in [-0.25, -0.2) is 4.98 Å². The zero-order chi connectivity index (χ0) is 15.1. The van der Waals surface area contributed by atoms with Crippen molar-refractivity contribution in [3.05, 3.63) is 61.5 Å². The molecule has 3 nitrogen and oxygen atoms in total. The van der Waals surface area contributed by atoms with Gasteiger partial charge < -0.3 is 4.98 Å². The van der Waals surface area contributed by atoms with Crippen molar-refractivity contribution in [3.8, 4) is 0 Å². The first-order valence-electron chi connectivity index (χ1n) is 7.19. The fourth-order valence-corrected chi connectivity index (χ4v) is 4.24. The predicted molar refractivity (Wildman–Crippen MR) is 92.6 cm³/mol. The first kappa shape index (κ1) is 13.7. The van der Waals surface area contributed by atoms with Crippen LogP contribution in [0.5, 0.6) is 0 Å². The van der Waals surface area contributed by atoms with Gasteiger partial charge in [0.15, 0.2) is 0 Å². The molecule has 1 aliphatic carbocycles. The summed E-state index contributed by atoms with van der Waals surface area (Å²) in [6, 6.07) is 7.53. The fraction of sp³-hybridized carbons (Fsp3) is 0.176. The maximum Gasteiger partial charge on any atom is 0.260 e. The maximum atomic E-state index is 12.3. The van der Waals surface area contributed by atoms with Gasteiger partial charge >= 0.3 is 0 Å². The van der Waals surface area contributed by atoms with E-state index < -0.39 is 0 Å². The molecule has 0 saturated carbocycles. The van der Waals surface area contributed by atoms with Gasteiger partial charge in [-0.1, -0.05) is 29.8 Å². The number of hydrogen-bond donors (Lipinski definition) is 1. The zero-order valence-corrected chi connectivity index (χ0v) is 13.3. The molecule has 0 radical (unpaired) electrons. The second-order valence-electron chi connectivity index (χ2n) is 5.37. The number of benzene rings is 1. The summed E-state index contributed by atoms with van der Waals surface area (Å²) in [5.74, 6) is 0.590. The van der Waals surface area contributed by atoms with E-state index in [4.69, 9.17) is 11.6 Å². The highest BCUT2D eigenvalue weighted by atomic mass is 35.5. The van der Waals surface area contributed by atoms with Crippen LogP contribution in [0.3, 0.4) is 0 Å². The smallest absolute Gasteiger partial charge is 0.260 e. The number of H-pyrrole nitrogens is 1. The lowest BCUT2D eigenvalue weighted by atomic mass is 10.2. The van der Waals surface area contributed by atoms with Crippen LogP contribution in [0.4, 0.5) is 0 Å². The van der Waals surface area contributed by atoms with Crippen molar-refractivity contribution in [1.29, 1.82) is 0 Å². The predicted octanol–water partition coefficient (Wildman–Crippen LogP) is 4.30. The summed E-state index contributed by atoms with van der Waals surface area (Å²) in [4.78, 5) is 22.0. The van der Waals surface area contributed by atoms with Crippen LogP contribution in [0.1, 0.15) is 28.2 Å². The quantitative estimate of drug-likeness (QED) is 0.762. The number of aryl methyl sites for hydroxylation is 2. The number of rotatable bonds is 2. The van der Waals surface area contributed by atoms with Crippen LogP contribution in [0.2, 0.25) is 5.02 Å². The van der Waals surface area contributed by atoms with E-state index in [1.54, 1.807) is 11.3 Å². The Morgan fingerprint density at radius 3 is 2.82 bits per heavy atom. The number of fused-ring (bicyclic) bond motifs is 3. The van der Waals surface area contributed by atoms with Gasteiger partial charge in [0, 0.05) is 9.90 Å². The highest BCUT2D eigenvalue weighted by Gasteiger charge is 2.20. The van der Waals surface area contributed by atoms with Crippen molar-refractivity contribution in [2.45, 2.75) is 19.3 Å². The molecule has 0 amide bonds. The number of halogens is 1. The molecule has 3 aromatic rings. The molecule has 5 heteroatoms. The molecule has 22 heavy (non-hydrogen) atoms. The Labute approximate surface area is 136 Å². The Morgan fingerprint density at radius 1 is 1.18 bits per heavy atom. The highest BCUT2D eigenvalue weighted by Crippen LogP contribution is 2.34. The van der Waals surface area contributed by atoms with Gasteiger partial charge in [-0.3, -0.25) is 4.79 Å². The molecule has 0 spiro atoms. The molecule has 2 heterocycles. The van der Waals surface area contributed by atoms with Crippen LogP contribution in [0, 0.1) is 0 Å². The van der Waals surface area contributed by atoms with Crippen LogP contribution in [0.25, 0.3) is 22.4 Å². The third-order valence-corrected chi connectivity index (χ3v) is 5.33. The van der Waals surface area contributed by atoms with E-state index in [0.29, 0.717) is 10.8 Å². The van der Waals surface area contributed by atoms with Crippen molar-refractivity contribution in [2.75, 3.05) is 0 Å². The lowest BCUT2D eigenvalue weighted by Crippen LogP contribution is -2.09. The van der Waals surface area contributed by atoms with E-state index in [9.17, 15) is 4.79 Å². The molecule has 0 saturated heterocycles. The van der Waals surface area contributed by atoms with Crippen LogP contribution < -0.4 is 5.56 Å². The summed E-state index contributed by atoms with van der Waals surface area (Å²) in [5, 5.41) is 1.50. The Balaban J connectivity index is 1.74. The van der Waals surface area contributed by atoms with Crippen molar-refractivity contribution in [2.24, 2.45) is 0 Å². The van der Waals surface area contributed by atoms with E-state index in [1.807, 2.05) is 36.4 Å². The van der Waals surface area contributed by atoms with Gasteiger partial charge in [-0.15, -0.1) is 11.3 Å². The minimum atomic E-state index is -0.0276. The molecule has 4 rings (SSSR count). The molecule has 110 valence electrons. The Morgan fingerprint density at radius 2 is 2.00 bits per heavy atom. The van der Waals surface area contributed by atoms with Gasteiger partial charge in [0.25, 0.3) is 5.56 Å². The monoisotopic (exact) mass is 328 g/mol. The number of thiophene rings is 1. The minimum absolute atomic E-state index is 0.0276. The van der Waals surface area contributed by atoms with Gasteiger partial charge in [0.05, 0.1) is 5.39 Å². The molecule has 1 aliphatic rings. The average molecular weight is 329 g/mol. The number of nitrogens with zero attached hydrogens (tertiary/aromatic N) is 1. The normalized spacial score (nSPS) is 14.0. The van der Waals surface area contributed by atoms with Crippen molar-refractivity contribution >= 4 is 45.3 Å². The lowest BCUT2D eigenvalue weighted by molar-refractivity contribution is 0.916. The summed E-state index contributed by atoms with van der Waals surface area (Å²) in [7, 11) is 0. The first-order valence-corrected chi connectivity index (χ1v) is 8.38. The van der Waals surface area contributed by atoms with Gasteiger partial charge in [-0.05, 0) is 48.6 Å². The molecular weight excluding hydrogens is 316 g/mol. The largest absolute Gasteiger partial charge is 0.306 e. The van der Waals surface area contributed by atoms with E-state index in [1.165, 1.54) is 10.4 Å². The van der Waals surface area contributed by atoms with E-state index in [0.717, 1.165) is 35.0 Å². The third kappa shape index (κ3) is 2.38. The summed E-state index contributed by atoms with van der Waals surface area (Å²) in [5.41, 5.74) is 2.20.